The predicted octanol–water partition coefficient (Wildman–Crippen LogP) is 3.57. The molecule has 0 fully saturated rings. The van der Waals surface area contributed by atoms with Gasteiger partial charge in [0.15, 0.2) is 17.4 Å². The van der Waals surface area contributed by atoms with Crippen LogP contribution in [0.3, 0.4) is 0 Å². The first-order valence-corrected chi connectivity index (χ1v) is 5.85. The Morgan fingerprint density at radius 2 is 1.84 bits per heavy atom. The van der Waals surface area contributed by atoms with Crippen LogP contribution in [-0.2, 0) is 0 Å². The topological polar surface area (TPSA) is 29.1 Å². The zero-order valence-corrected chi connectivity index (χ0v) is 10.4. The van der Waals surface area contributed by atoms with Crippen LogP contribution in [0.1, 0.15) is 15.9 Å². The molecule has 0 atom stereocenters. The molecular formula is C15H13F2NO. The van der Waals surface area contributed by atoms with Gasteiger partial charge < -0.3 is 5.32 Å². The quantitative estimate of drug-likeness (QED) is 0.852. The van der Waals surface area contributed by atoms with Gasteiger partial charge >= 0.3 is 0 Å². The van der Waals surface area contributed by atoms with Crippen molar-refractivity contribution < 1.29 is 13.6 Å². The number of nitrogens with one attached hydrogen (secondary N) is 1. The first-order valence-electron chi connectivity index (χ1n) is 5.85. The summed E-state index contributed by atoms with van der Waals surface area (Å²) in [6.07, 6.45) is 0. The summed E-state index contributed by atoms with van der Waals surface area (Å²) in [5, 5.41) is 2.98. The van der Waals surface area contributed by atoms with Crippen LogP contribution in [0.4, 0.5) is 14.5 Å². The van der Waals surface area contributed by atoms with E-state index in [-0.39, 0.29) is 17.9 Å². The van der Waals surface area contributed by atoms with Gasteiger partial charge in [-0.3, -0.25) is 4.79 Å². The minimum Gasteiger partial charge on any atom is -0.377 e. The second kappa shape index (κ2) is 5.61. The van der Waals surface area contributed by atoms with Crippen molar-refractivity contribution in [3.05, 3.63) is 65.2 Å². The van der Waals surface area contributed by atoms with Crippen molar-refractivity contribution in [2.75, 3.05) is 11.9 Å². The molecule has 0 aliphatic carbocycles. The zero-order valence-electron chi connectivity index (χ0n) is 10.4. The molecular weight excluding hydrogens is 248 g/mol. The number of para-hydroxylation sites is 1. The van der Waals surface area contributed by atoms with E-state index in [2.05, 4.69) is 5.32 Å². The lowest BCUT2D eigenvalue weighted by Gasteiger charge is -2.08. The van der Waals surface area contributed by atoms with E-state index in [0.717, 1.165) is 23.4 Å². The van der Waals surface area contributed by atoms with E-state index >= 15 is 0 Å². The Hall–Kier alpha value is -2.23. The highest BCUT2D eigenvalue weighted by atomic mass is 19.2. The standard InChI is InChI=1S/C15H13F2NO/c1-10-4-2-3-5-14(10)18-9-15(19)11-6-7-12(16)13(17)8-11/h2-8,18H,9H2,1H3. The van der Waals surface area contributed by atoms with Gasteiger partial charge in [-0.2, -0.15) is 0 Å². The average molecular weight is 261 g/mol. The third kappa shape index (κ3) is 3.16. The molecule has 4 heteroatoms. The Kier molecular flexibility index (Phi) is 3.90. The summed E-state index contributed by atoms with van der Waals surface area (Å²) in [4.78, 5) is 11.8. The summed E-state index contributed by atoms with van der Waals surface area (Å²) in [5.41, 5.74) is 2.01. The van der Waals surface area contributed by atoms with Gasteiger partial charge in [0, 0.05) is 11.3 Å². The van der Waals surface area contributed by atoms with E-state index < -0.39 is 11.6 Å². The Morgan fingerprint density at radius 1 is 1.11 bits per heavy atom. The third-order valence-corrected chi connectivity index (χ3v) is 2.83. The summed E-state index contributed by atoms with van der Waals surface area (Å²) < 4.78 is 25.8. The van der Waals surface area contributed by atoms with Gasteiger partial charge in [-0.1, -0.05) is 18.2 Å². The molecule has 0 spiro atoms. The van der Waals surface area contributed by atoms with Crippen LogP contribution in [0.2, 0.25) is 0 Å². The summed E-state index contributed by atoms with van der Waals surface area (Å²) in [7, 11) is 0. The second-order valence-corrected chi connectivity index (χ2v) is 4.22. The number of aryl methyl sites for hydroxylation is 1. The molecule has 0 saturated heterocycles. The fourth-order valence-electron chi connectivity index (χ4n) is 1.72. The number of rotatable bonds is 4. The highest BCUT2D eigenvalue weighted by Gasteiger charge is 2.09. The van der Waals surface area contributed by atoms with Crippen LogP contribution in [-0.4, -0.2) is 12.3 Å². The Bertz CT molecular complexity index is 611. The maximum atomic E-state index is 13.0. The number of halogens is 2. The second-order valence-electron chi connectivity index (χ2n) is 4.22. The van der Waals surface area contributed by atoms with Crippen molar-refractivity contribution in [3.63, 3.8) is 0 Å². The molecule has 2 rings (SSSR count). The van der Waals surface area contributed by atoms with Crippen molar-refractivity contribution in [1.29, 1.82) is 0 Å². The van der Waals surface area contributed by atoms with Crippen LogP contribution in [0.5, 0.6) is 0 Å². The maximum absolute atomic E-state index is 13.0. The minimum absolute atomic E-state index is 0.0376. The summed E-state index contributed by atoms with van der Waals surface area (Å²) in [6, 6.07) is 10.7. The van der Waals surface area contributed by atoms with Crippen molar-refractivity contribution in [3.8, 4) is 0 Å². The molecule has 1 N–H and O–H groups in total. The summed E-state index contributed by atoms with van der Waals surface area (Å²) in [6.45, 7) is 1.96. The first-order chi connectivity index (χ1) is 9.08. The molecule has 0 aliphatic heterocycles. The SMILES string of the molecule is Cc1ccccc1NCC(=O)c1ccc(F)c(F)c1. The van der Waals surface area contributed by atoms with Crippen LogP contribution >= 0.6 is 0 Å². The number of anilines is 1. The molecule has 98 valence electrons. The fraction of sp³-hybridized carbons (Fsp3) is 0.133. The van der Waals surface area contributed by atoms with Gasteiger partial charge in [-0.15, -0.1) is 0 Å². The molecule has 0 radical (unpaired) electrons. The number of carbonyl (C=O) groups is 1. The predicted molar refractivity (Wildman–Crippen MR) is 70.4 cm³/mol. The highest BCUT2D eigenvalue weighted by Crippen LogP contribution is 2.14. The van der Waals surface area contributed by atoms with E-state index in [4.69, 9.17) is 0 Å². The van der Waals surface area contributed by atoms with Gasteiger partial charge in [0.05, 0.1) is 6.54 Å². The van der Waals surface area contributed by atoms with Crippen molar-refractivity contribution in [2.45, 2.75) is 6.92 Å². The lowest BCUT2D eigenvalue weighted by atomic mass is 10.1. The van der Waals surface area contributed by atoms with Crippen LogP contribution in [0.15, 0.2) is 42.5 Å². The average Bonchev–Trinajstić information content (AvgIpc) is 2.40. The van der Waals surface area contributed by atoms with Crippen LogP contribution < -0.4 is 5.32 Å². The monoisotopic (exact) mass is 261 g/mol. The molecule has 0 aromatic heterocycles. The van der Waals surface area contributed by atoms with Gasteiger partial charge in [-0.05, 0) is 36.8 Å². The van der Waals surface area contributed by atoms with Crippen molar-refractivity contribution in [1.82, 2.24) is 0 Å². The normalized spacial score (nSPS) is 10.3. The van der Waals surface area contributed by atoms with Gasteiger partial charge in [0.1, 0.15) is 0 Å². The Balaban J connectivity index is 2.05. The Labute approximate surface area is 110 Å². The third-order valence-electron chi connectivity index (χ3n) is 2.83. The molecule has 2 aromatic carbocycles. The molecule has 2 aromatic rings. The zero-order chi connectivity index (χ0) is 13.8. The van der Waals surface area contributed by atoms with Crippen molar-refractivity contribution in [2.24, 2.45) is 0 Å². The molecule has 19 heavy (non-hydrogen) atoms. The number of benzene rings is 2. The molecule has 0 unspecified atom stereocenters. The fourth-order valence-corrected chi connectivity index (χ4v) is 1.72. The number of hydrogen-bond donors (Lipinski definition) is 1. The van der Waals surface area contributed by atoms with Gasteiger partial charge in [0.25, 0.3) is 0 Å². The number of ketones is 1. The summed E-state index contributed by atoms with van der Waals surface area (Å²) >= 11 is 0. The maximum Gasteiger partial charge on any atom is 0.181 e. The number of hydrogen-bond acceptors (Lipinski definition) is 2. The lowest BCUT2D eigenvalue weighted by Crippen LogP contribution is -2.14. The van der Waals surface area contributed by atoms with Gasteiger partial charge in [-0.25, -0.2) is 8.78 Å². The van der Waals surface area contributed by atoms with Gasteiger partial charge in [0.2, 0.25) is 0 Å². The highest BCUT2D eigenvalue weighted by molar-refractivity contribution is 5.99. The largest absolute Gasteiger partial charge is 0.377 e. The van der Waals surface area contributed by atoms with Crippen LogP contribution in [0, 0.1) is 18.6 Å². The van der Waals surface area contributed by atoms with E-state index in [1.165, 1.54) is 6.07 Å². The lowest BCUT2D eigenvalue weighted by molar-refractivity contribution is 0.101. The molecule has 0 heterocycles. The van der Waals surface area contributed by atoms with Crippen molar-refractivity contribution >= 4 is 11.5 Å². The molecule has 0 aliphatic rings. The van der Waals surface area contributed by atoms with E-state index in [1.54, 1.807) is 0 Å². The van der Waals surface area contributed by atoms with E-state index in [1.807, 2.05) is 31.2 Å². The first kappa shape index (κ1) is 13.2. The molecule has 0 saturated carbocycles. The smallest absolute Gasteiger partial charge is 0.181 e. The summed E-state index contributed by atoms with van der Waals surface area (Å²) in [5.74, 6) is -2.26. The van der Waals surface area contributed by atoms with Crippen LogP contribution in [0.25, 0.3) is 0 Å². The molecule has 2 nitrogen and oxygen atoms in total. The molecule has 0 bridgehead atoms. The molecule has 0 amide bonds. The van der Waals surface area contributed by atoms with E-state index in [9.17, 15) is 13.6 Å². The number of Topliss-reactive ketones (excluding diaryl/α,β-unsaturated/α-hetero) is 1. The Morgan fingerprint density at radius 3 is 2.53 bits per heavy atom. The number of carbonyl (C=O) groups excluding carboxylic acids is 1. The van der Waals surface area contributed by atoms with E-state index in [0.29, 0.717) is 0 Å². The minimum atomic E-state index is -1.01.